The van der Waals surface area contributed by atoms with Crippen LogP contribution in [0.25, 0.3) is 5.69 Å². The molecule has 0 aliphatic rings. The van der Waals surface area contributed by atoms with Gasteiger partial charge < -0.3 is 5.32 Å². The number of amides is 1. The predicted octanol–water partition coefficient (Wildman–Crippen LogP) is 5.30. The number of carbonyl (C=O) groups is 1. The van der Waals surface area contributed by atoms with Crippen LogP contribution in [-0.4, -0.2) is 22.2 Å². The van der Waals surface area contributed by atoms with Gasteiger partial charge in [-0.3, -0.25) is 4.79 Å². The van der Waals surface area contributed by atoms with Gasteiger partial charge in [-0.2, -0.15) is 18.3 Å². The molecule has 0 unspecified atom stereocenters. The third-order valence-electron chi connectivity index (χ3n) is 4.37. The van der Waals surface area contributed by atoms with Gasteiger partial charge in [0, 0.05) is 11.6 Å². The van der Waals surface area contributed by atoms with E-state index in [1.807, 2.05) is 30.3 Å². The van der Waals surface area contributed by atoms with Gasteiger partial charge in [-0.25, -0.2) is 4.68 Å². The first-order valence-electron chi connectivity index (χ1n) is 9.09. The first-order chi connectivity index (χ1) is 13.9. The topological polar surface area (TPSA) is 46.9 Å². The van der Waals surface area contributed by atoms with E-state index in [9.17, 15) is 18.0 Å². The fraction of sp³-hybridized carbons (Fsp3) is 0.238. The van der Waals surface area contributed by atoms with Crippen molar-refractivity contribution >= 4 is 17.5 Å². The van der Waals surface area contributed by atoms with E-state index in [0.29, 0.717) is 16.1 Å². The normalized spacial score (nSPS) is 11.4. The van der Waals surface area contributed by atoms with Crippen LogP contribution in [0.2, 0.25) is 5.02 Å². The number of hydrogen-bond donors (Lipinski definition) is 1. The van der Waals surface area contributed by atoms with Gasteiger partial charge in [0.05, 0.1) is 17.4 Å². The van der Waals surface area contributed by atoms with Crippen molar-refractivity contribution in [3.8, 4) is 5.69 Å². The van der Waals surface area contributed by atoms with Crippen LogP contribution in [-0.2, 0) is 12.6 Å². The fourth-order valence-corrected chi connectivity index (χ4v) is 3.09. The molecule has 0 atom stereocenters. The molecular formula is C21H19ClF3N3O. The number of carbonyl (C=O) groups excluding carboxylic acids is 1. The summed E-state index contributed by atoms with van der Waals surface area (Å²) in [7, 11) is 0. The van der Waals surface area contributed by atoms with Gasteiger partial charge in [-0.15, -0.1) is 0 Å². The Labute approximate surface area is 171 Å². The number of benzene rings is 2. The highest BCUT2D eigenvalue weighted by Crippen LogP contribution is 2.33. The Morgan fingerprint density at radius 1 is 1.03 bits per heavy atom. The van der Waals surface area contributed by atoms with Crippen LogP contribution in [0.4, 0.5) is 13.2 Å². The highest BCUT2D eigenvalue weighted by Gasteiger charge is 2.40. The third-order valence-corrected chi connectivity index (χ3v) is 4.63. The largest absolute Gasteiger partial charge is 0.434 e. The molecule has 0 saturated heterocycles. The molecule has 0 spiro atoms. The minimum Gasteiger partial charge on any atom is -0.352 e. The minimum atomic E-state index is -4.74. The molecule has 3 rings (SSSR count). The minimum absolute atomic E-state index is 0.170. The van der Waals surface area contributed by atoms with E-state index >= 15 is 0 Å². The van der Waals surface area contributed by atoms with E-state index < -0.39 is 23.3 Å². The molecular weight excluding hydrogens is 403 g/mol. The molecule has 0 fully saturated rings. The van der Waals surface area contributed by atoms with Crippen molar-refractivity contribution in [2.75, 3.05) is 6.54 Å². The third kappa shape index (κ3) is 5.38. The van der Waals surface area contributed by atoms with Crippen molar-refractivity contribution in [2.45, 2.75) is 25.4 Å². The van der Waals surface area contributed by atoms with Crippen LogP contribution < -0.4 is 5.32 Å². The van der Waals surface area contributed by atoms with Crippen molar-refractivity contribution in [1.29, 1.82) is 0 Å². The zero-order valence-electron chi connectivity index (χ0n) is 15.4. The van der Waals surface area contributed by atoms with Gasteiger partial charge >= 0.3 is 6.18 Å². The number of nitrogens with one attached hydrogen (secondary N) is 1. The number of nitrogens with zero attached hydrogens (tertiary/aromatic N) is 2. The average molecular weight is 422 g/mol. The van der Waals surface area contributed by atoms with Crippen molar-refractivity contribution in [2.24, 2.45) is 0 Å². The zero-order chi connectivity index (χ0) is 20.9. The quantitative estimate of drug-likeness (QED) is 0.526. The number of unbranched alkanes of at least 4 members (excludes halogenated alkanes) is 1. The summed E-state index contributed by atoms with van der Waals surface area (Å²) in [5.74, 6) is -0.794. The predicted molar refractivity (Wildman–Crippen MR) is 105 cm³/mol. The average Bonchev–Trinajstić information content (AvgIpc) is 3.15. The van der Waals surface area contributed by atoms with E-state index in [1.54, 1.807) is 0 Å². The molecule has 152 valence electrons. The highest BCUT2D eigenvalue weighted by molar-refractivity contribution is 6.30. The molecule has 4 nitrogen and oxygen atoms in total. The SMILES string of the molecule is O=C(NCCCCc1ccccc1)c1cnn(-c2ccc(Cl)cc2)c1C(F)(F)F. The van der Waals surface area contributed by atoms with Gasteiger partial charge in [-0.1, -0.05) is 41.9 Å². The molecule has 1 N–H and O–H groups in total. The molecule has 0 saturated carbocycles. The van der Waals surface area contributed by atoms with E-state index in [2.05, 4.69) is 10.4 Å². The molecule has 3 aromatic rings. The maximum atomic E-state index is 13.6. The molecule has 1 amide bonds. The second-order valence-corrected chi connectivity index (χ2v) is 6.93. The Morgan fingerprint density at radius 2 is 1.72 bits per heavy atom. The lowest BCUT2D eigenvalue weighted by Gasteiger charge is -2.13. The van der Waals surface area contributed by atoms with Gasteiger partial charge in [0.15, 0.2) is 5.69 Å². The van der Waals surface area contributed by atoms with Gasteiger partial charge in [0.2, 0.25) is 0 Å². The lowest BCUT2D eigenvalue weighted by molar-refractivity contribution is -0.143. The lowest BCUT2D eigenvalue weighted by Crippen LogP contribution is -2.27. The number of hydrogen-bond acceptors (Lipinski definition) is 2. The summed E-state index contributed by atoms with van der Waals surface area (Å²) >= 11 is 5.79. The number of halogens is 4. The maximum Gasteiger partial charge on any atom is 0.434 e. The van der Waals surface area contributed by atoms with Crippen molar-refractivity contribution in [3.63, 3.8) is 0 Å². The smallest absolute Gasteiger partial charge is 0.352 e. The van der Waals surface area contributed by atoms with E-state index in [-0.39, 0.29) is 12.2 Å². The molecule has 0 aliphatic carbocycles. The number of aromatic nitrogens is 2. The first kappa shape index (κ1) is 20.9. The monoisotopic (exact) mass is 421 g/mol. The van der Waals surface area contributed by atoms with Crippen LogP contribution in [0, 0.1) is 0 Å². The molecule has 0 radical (unpaired) electrons. The number of rotatable bonds is 7. The molecule has 8 heteroatoms. The van der Waals surface area contributed by atoms with Crippen LogP contribution in [0.1, 0.15) is 34.5 Å². The molecule has 0 bridgehead atoms. The highest BCUT2D eigenvalue weighted by atomic mass is 35.5. The fourth-order valence-electron chi connectivity index (χ4n) is 2.96. The maximum absolute atomic E-state index is 13.6. The Kier molecular flexibility index (Phi) is 6.59. The standard InChI is InChI=1S/C21H19ClF3N3O/c22-16-9-11-17(12-10-16)28-19(21(23,24)25)18(14-27-28)20(29)26-13-5-4-8-15-6-2-1-3-7-15/h1-3,6-7,9-12,14H,4-5,8,13H2,(H,26,29). The van der Waals surface area contributed by atoms with Crippen LogP contribution in [0.15, 0.2) is 60.8 Å². The summed E-state index contributed by atoms with van der Waals surface area (Å²) in [6.45, 7) is 0.287. The zero-order valence-corrected chi connectivity index (χ0v) is 16.2. The van der Waals surface area contributed by atoms with Crippen molar-refractivity contribution < 1.29 is 18.0 Å². The Bertz CT molecular complexity index is 954. The Morgan fingerprint density at radius 3 is 2.38 bits per heavy atom. The summed E-state index contributed by atoms with van der Waals surface area (Å²) in [5, 5.41) is 6.73. The number of alkyl halides is 3. The molecule has 1 aromatic heterocycles. The van der Waals surface area contributed by atoms with E-state index in [4.69, 9.17) is 11.6 Å². The summed E-state index contributed by atoms with van der Waals surface area (Å²) in [5.41, 5.74) is -0.261. The van der Waals surface area contributed by atoms with E-state index in [1.165, 1.54) is 29.8 Å². The summed E-state index contributed by atoms with van der Waals surface area (Å²) < 4.78 is 41.6. The molecule has 2 aromatic carbocycles. The van der Waals surface area contributed by atoms with Gasteiger partial charge in [0.1, 0.15) is 0 Å². The second kappa shape index (κ2) is 9.13. The summed E-state index contributed by atoms with van der Waals surface area (Å²) in [6, 6.07) is 15.6. The van der Waals surface area contributed by atoms with Crippen LogP contribution >= 0.6 is 11.6 Å². The van der Waals surface area contributed by atoms with Crippen molar-refractivity contribution in [3.05, 3.63) is 82.6 Å². The second-order valence-electron chi connectivity index (χ2n) is 6.49. The molecule has 1 heterocycles. The summed E-state index contributed by atoms with van der Waals surface area (Å²) in [6.07, 6.45) is -1.47. The molecule has 29 heavy (non-hydrogen) atoms. The molecule has 0 aliphatic heterocycles. The summed E-state index contributed by atoms with van der Waals surface area (Å²) in [4.78, 5) is 12.4. The van der Waals surface area contributed by atoms with Gasteiger partial charge in [-0.05, 0) is 49.1 Å². The van der Waals surface area contributed by atoms with Gasteiger partial charge in [0.25, 0.3) is 5.91 Å². The Hall–Kier alpha value is -2.80. The van der Waals surface area contributed by atoms with Crippen LogP contribution in [0.5, 0.6) is 0 Å². The van der Waals surface area contributed by atoms with E-state index in [0.717, 1.165) is 19.0 Å². The lowest BCUT2D eigenvalue weighted by atomic mass is 10.1. The first-order valence-corrected chi connectivity index (χ1v) is 9.47. The number of aryl methyl sites for hydroxylation is 1. The van der Waals surface area contributed by atoms with Crippen molar-refractivity contribution in [1.82, 2.24) is 15.1 Å². The van der Waals surface area contributed by atoms with Crippen LogP contribution in [0.3, 0.4) is 0 Å². The Balaban J connectivity index is 1.66.